The average molecular weight is 376 g/mol. The number of thiazole rings is 1. The van der Waals surface area contributed by atoms with Crippen LogP contribution in [0.4, 0.5) is 0 Å². The van der Waals surface area contributed by atoms with Crippen LogP contribution in [0.15, 0.2) is 30.3 Å². The molecule has 0 aliphatic carbocycles. The highest BCUT2D eigenvalue weighted by Crippen LogP contribution is 2.20. The topological polar surface area (TPSA) is 68.0 Å². The van der Waals surface area contributed by atoms with Crippen molar-refractivity contribution in [3.8, 4) is 0 Å². The molecule has 3 N–H and O–H groups in total. The number of halogens is 2. The van der Waals surface area contributed by atoms with E-state index in [0.717, 1.165) is 21.1 Å². The maximum absolute atomic E-state index is 12.2. The molecule has 7 heteroatoms. The number of nitrogens with zero attached hydrogens (tertiary/aromatic N) is 1. The Balaban J connectivity index is 0.00000242. The third kappa shape index (κ3) is 5.77. The van der Waals surface area contributed by atoms with Crippen LogP contribution < -0.4 is 11.1 Å². The number of nitrogens with two attached hydrogens (primary N) is 1. The quantitative estimate of drug-likeness (QED) is 0.839. The summed E-state index contributed by atoms with van der Waals surface area (Å²) < 4.78 is 0. The number of nitrogens with one attached hydrogen (secondary N) is 1. The van der Waals surface area contributed by atoms with Crippen molar-refractivity contribution in [2.24, 2.45) is 11.7 Å². The van der Waals surface area contributed by atoms with E-state index in [1.165, 1.54) is 0 Å². The molecular formula is C16H23Cl2N3OS. The Labute approximate surface area is 153 Å². The first-order valence-electron chi connectivity index (χ1n) is 7.00. The van der Waals surface area contributed by atoms with Crippen LogP contribution in [0, 0.1) is 19.8 Å². The lowest BCUT2D eigenvalue weighted by Crippen LogP contribution is -2.35. The Bertz CT molecular complexity index is 619. The summed E-state index contributed by atoms with van der Waals surface area (Å²) in [6, 6.07) is 9.41. The fourth-order valence-corrected chi connectivity index (χ4v) is 3.07. The van der Waals surface area contributed by atoms with Crippen molar-refractivity contribution < 1.29 is 4.79 Å². The number of aromatic nitrogens is 1. The molecule has 0 fully saturated rings. The predicted octanol–water partition coefficient (Wildman–Crippen LogP) is 3.56. The zero-order chi connectivity index (χ0) is 15.4. The Morgan fingerprint density at radius 3 is 2.39 bits per heavy atom. The van der Waals surface area contributed by atoms with Crippen LogP contribution in [-0.4, -0.2) is 10.9 Å². The van der Waals surface area contributed by atoms with Crippen molar-refractivity contribution in [3.05, 3.63) is 51.5 Å². The molecule has 2 unspecified atom stereocenters. The SMILES string of the molecule is Cc1nc(C)c(CNC(=O)C(C)C(N)c2ccccc2)s1.Cl.Cl. The number of amides is 1. The number of carbonyl (C=O) groups is 1. The van der Waals surface area contributed by atoms with Gasteiger partial charge in [0.15, 0.2) is 0 Å². The second-order valence-corrected chi connectivity index (χ2v) is 6.47. The maximum Gasteiger partial charge on any atom is 0.225 e. The number of benzene rings is 1. The van der Waals surface area contributed by atoms with Gasteiger partial charge >= 0.3 is 0 Å². The molecule has 0 aliphatic rings. The summed E-state index contributed by atoms with van der Waals surface area (Å²) in [4.78, 5) is 17.7. The van der Waals surface area contributed by atoms with E-state index in [4.69, 9.17) is 5.73 Å². The molecule has 1 heterocycles. The molecule has 4 nitrogen and oxygen atoms in total. The van der Waals surface area contributed by atoms with Crippen molar-refractivity contribution in [1.29, 1.82) is 0 Å². The first kappa shape index (κ1) is 21.9. The predicted molar refractivity (Wildman–Crippen MR) is 100 cm³/mol. The fourth-order valence-electron chi connectivity index (χ4n) is 2.19. The summed E-state index contributed by atoms with van der Waals surface area (Å²) in [5.41, 5.74) is 8.13. The van der Waals surface area contributed by atoms with Crippen molar-refractivity contribution in [2.75, 3.05) is 0 Å². The van der Waals surface area contributed by atoms with Gasteiger partial charge in [0.1, 0.15) is 0 Å². The van der Waals surface area contributed by atoms with Gasteiger partial charge in [-0.15, -0.1) is 36.2 Å². The molecule has 0 saturated heterocycles. The normalized spacial score (nSPS) is 12.5. The van der Waals surface area contributed by atoms with E-state index >= 15 is 0 Å². The number of carbonyl (C=O) groups excluding carboxylic acids is 1. The third-order valence-corrected chi connectivity index (χ3v) is 4.63. The van der Waals surface area contributed by atoms with Gasteiger partial charge in [0.25, 0.3) is 0 Å². The highest BCUT2D eigenvalue weighted by Gasteiger charge is 2.22. The van der Waals surface area contributed by atoms with E-state index in [2.05, 4.69) is 10.3 Å². The zero-order valence-electron chi connectivity index (χ0n) is 13.4. The van der Waals surface area contributed by atoms with Crippen molar-refractivity contribution in [3.63, 3.8) is 0 Å². The molecule has 23 heavy (non-hydrogen) atoms. The molecule has 0 radical (unpaired) electrons. The molecule has 0 bridgehead atoms. The van der Waals surface area contributed by atoms with Gasteiger partial charge in [-0.2, -0.15) is 0 Å². The van der Waals surface area contributed by atoms with Crippen molar-refractivity contribution in [2.45, 2.75) is 33.4 Å². The van der Waals surface area contributed by atoms with Gasteiger partial charge in [0, 0.05) is 10.9 Å². The number of aryl methyl sites for hydroxylation is 2. The summed E-state index contributed by atoms with van der Waals surface area (Å²) in [6.07, 6.45) is 0. The Hall–Kier alpha value is -1.14. The monoisotopic (exact) mass is 375 g/mol. The minimum Gasteiger partial charge on any atom is -0.351 e. The van der Waals surface area contributed by atoms with E-state index in [-0.39, 0.29) is 42.7 Å². The third-order valence-electron chi connectivity index (χ3n) is 3.56. The Morgan fingerprint density at radius 2 is 1.87 bits per heavy atom. The van der Waals surface area contributed by atoms with E-state index in [0.29, 0.717) is 6.54 Å². The summed E-state index contributed by atoms with van der Waals surface area (Å²) in [5.74, 6) is -0.307. The second kappa shape index (κ2) is 9.88. The summed E-state index contributed by atoms with van der Waals surface area (Å²) in [7, 11) is 0. The molecule has 2 aromatic rings. The van der Waals surface area contributed by atoms with Crippen molar-refractivity contribution in [1.82, 2.24) is 10.3 Å². The summed E-state index contributed by atoms with van der Waals surface area (Å²) in [5, 5.41) is 3.97. The minimum atomic E-state index is -0.296. The number of hydrogen-bond donors (Lipinski definition) is 2. The molecule has 2 atom stereocenters. The van der Waals surface area contributed by atoms with Crippen LogP contribution in [0.3, 0.4) is 0 Å². The van der Waals surface area contributed by atoms with Gasteiger partial charge in [0.05, 0.1) is 23.2 Å². The minimum absolute atomic E-state index is 0. The fraction of sp³-hybridized carbons (Fsp3) is 0.375. The van der Waals surface area contributed by atoms with E-state index in [1.807, 2.05) is 51.1 Å². The van der Waals surface area contributed by atoms with Crippen LogP contribution in [0.1, 0.15) is 34.1 Å². The highest BCUT2D eigenvalue weighted by molar-refractivity contribution is 7.11. The smallest absolute Gasteiger partial charge is 0.225 e. The van der Waals surface area contributed by atoms with Crippen LogP contribution in [-0.2, 0) is 11.3 Å². The van der Waals surface area contributed by atoms with E-state index in [1.54, 1.807) is 11.3 Å². The lowest BCUT2D eigenvalue weighted by Gasteiger charge is -2.19. The molecule has 128 valence electrons. The van der Waals surface area contributed by atoms with Crippen molar-refractivity contribution >= 4 is 42.1 Å². The standard InChI is InChI=1S/C16H21N3OS.2ClH/c1-10(15(17)13-7-5-4-6-8-13)16(20)18-9-14-11(2)19-12(3)21-14;;/h4-8,10,15H,9,17H2,1-3H3,(H,18,20);2*1H. The maximum atomic E-state index is 12.2. The van der Waals surface area contributed by atoms with Gasteiger partial charge in [-0.1, -0.05) is 37.3 Å². The molecule has 0 saturated carbocycles. The van der Waals surface area contributed by atoms with Crippen LogP contribution in [0.25, 0.3) is 0 Å². The molecule has 1 amide bonds. The van der Waals surface area contributed by atoms with E-state index < -0.39 is 0 Å². The zero-order valence-corrected chi connectivity index (χ0v) is 15.9. The lowest BCUT2D eigenvalue weighted by molar-refractivity contribution is -0.125. The number of hydrogen-bond acceptors (Lipinski definition) is 4. The molecule has 0 spiro atoms. The van der Waals surface area contributed by atoms with Crippen LogP contribution in [0.5, 0.6) is 0 Å². The van der Waals surface area contributed by atoms with Gasteiger partial charge in [-0.25, -0.2) is 4.98 Å². The molecule has 1 aromatic heterocycles. The second-order valence-electron chi connectivity index (χ2n) is 5.18. The van der Waals surface area contributed by atoms with Gasteiger partial charge in [0.2, 0.25) is 5.91 Å². The molecule has 1 aromatic carbocycles. The number of rotatable bonds is 5. The Morgan fingerprint density at radius 1 is 1.26 bits per heavy atom. The highest BCUT2D eigenvalue weighted by atomic mass is 35.5. The summed E-state index contributed by atoms with van der Waals surface area (Å²) >= 11 is 1.62. The van der Waals surface area contributed by atoms with Gasteiger partial charge in [-0.3, -0.25) is 4.79 Å². The largest absolute Gasteiger partial charge is 0.351 e. The van der Waals surface area contributed by atoms with E-state index in [9.17, 15) is 4.79 Å². The molecular weight excluding hydrogens is 353 g/mol. The van der Waals surface area contributed by atoms with Gasteiger partial charge < -0.3 is 11.1 Å². The Kier molecular flexibility index (Phi) is 9.39. The first-order valence-corrected chi connectivity index (χ1v) is 7.82. The average Bonchev–Trinajstić information content (AvgIpc) is 2.82. The molecule has 2 rings (SSSR count). The van der Waals surface area contributed by atoms with Crippen LogP contribution >= 0.6 is 36.2 Å². The lowest BCUT2D eigenvalue weighted by atomic mass is 9.95. The summed E-state index contributed by atoms with van der Waals surface area (Å²) in [6.45, 7) is 6.31. The van der Waals surface area contributed by atoms with Gasteiger partial charge in [-0.05, 0) is 19.4 Å². The molecule has 0 aliphatic heterocycles. The first-order chi connectivity index (χ1) is 9.99. The van der Waals surface area contributed by atoms with Crippen LogP contribution in [0.2, 0.25) is 0 Å².